The zero-order valence-electron chi connectivity index (χ0n) is 11.7. The van der Waals surface area contributed by atoms with E-state index in [0.29, 0.717) is 13.2 Å². The number of nitrogens with zero attached hydrogens (tertiary/aromatic N) is 1. The first-order chi connectivity index (χ1) is 9.06. The van der Waals surface area contributed by atoms with E-state index in [0.717, 1.165) is 45.2 Å². The summed E-state index contributed by atoms with van der Waals surface area (Å²) in [6, 6.07) is 0. The van der Waals surface area contributed by atoms with Crippen LogP contribution < -0.4 is 0 Å². The molecule has 1 aliphatic heterocycles. The monoisotopic (exact) mass is 271 g/mol. The number of aliphatic hydroxyl groups is 1. The first kappa shape index (κ1) is 14.8. The molecule has 2 N–H and O–H groups in total. The van der Waals surface area contributed by atoms with Crippen LogP contribution in [0, 0.1) is 10.8 Å². The number of ether oxygens (including phenoxy) is 1. The van der Waals surface area contributed by atoms with Gasteiger partial charge in [-0.2, -0.15) is 0 Å². The zero-order valence-corrected chi connectivity index (χ0v) is 11.7. The van der Waals surface area contributed by atoms with Crippen LogP contribution >= 0.6 is 0 Å². The molecule has 5 nitrogen and oxygen atoms in total. The fourth-order valence-corrected chi connectivity index (χ4v) is 3.31. The van der Waals surface area contributed by atoms with Crippen LogP contribution in [0.3, 0.4) is 0 Å². The quantitative estimate of drug-likeness (QED) is 0.753. The number of hydrogen-bond donors (Lipinski definition) is 2. The van der Waals surface area contributed by atoms with E-state index in [1.54, 1.807) is 7.11 Å². The van der Waals surface area contributed by atoms with E-state index in [2.05, 4.69) is 4.90 Å². The number of carboxylic acid groups (broad SMARTS) is 1. The summed E-state index contributed by atoms with van der Waals surface area (Å²) < 4.78 is 5.21. The number of methoxy groups -OCH3 is 1. The Morgan fingerprint density at radius 1 is 1.26 bits per heavy atom. The second-order valence-corrected chi connectivity index (χ2v) is 6.31. The largest absolute Gasteiger partial charge is 0.481 e. The van der Waals surface area contributed by atoms with E-state index in [9.17, 15) is 15.0 Å². The highest BCUT2D eigenvalue weighted by atomic mass is 16.5. The molecule has 1 saturated carbocycles. The van der Waals surface area contributed by atoms with Crippen LogP contribution in [0.5, 0.6) is 0 Å². The van der Waals surface area contributed by atoms with Crippen molar-refractivity contribution in [2.24, 2.45) is 10.8 Å². The first-order valence-corrected chi connectivity index (χ1v) is 7.11. The average Bonchev–Trinajstić information content (AvgIpc) is 2.36. The average molecular weight is 271 g/mol. The topological polar surface area (TPSA) is 70.0 Å². The molecule has 0 bridgehead atoms. The van der Waals surface area contributed by atoms with Crippen molar-refractivity contribution in [1.82, 2.24) is 4.90 Å². The molecule has 0 spiro atoms. The van der Waals surface area contributed by atoms with Crippen molar-refractivity contribution >= 4 is 5.97 Å². The molecular weight excluding hydrogens is 246 g/mol. The van der Waals surface area contributed by atoms with Gasteiger partial charge in [0.15, 0.2) is 0 Å². The molecule has 0 aromatic rings. The Morgan fingerprint density at radius 3 is 2.26 bits per heavy atom. The highest BCUT2D eigenvalue weighted by Gasteiger charge is 2.46. The molecule has 0 aromatic heterocycles. The Kier molecular flexibility index (Phi) is 4.48. The number of piperidine rings is 1. The standard InChI is InChI=1S/C14H25NO4/c1-19-11-13(10-16)5-7-15(8-6-13)9-14(12(17)18)3-2-4-14/h16H,2-11H2,1H3,(H,17,18). The Morgan fingerprint density at radius 2 is 1.89 bits per heavy atom. The highest BCUT2D eigenvalue weighted by molar-refractivity contribution is 5.76. The zero-order chi connectivity index (χ0) is 13.9. The highest BCUT2D eigenvalue weighted by Crippen LogP contribution is 2.43. The van der Waals surface area contributed by atoms with Gasteiger partial charge >= 0.3 is 5.97 Å². The third-order valence-electron chi connectivity index (χ3n) is 4.99. The Labute approximate surface area is 114 Å². The number of carbonyl (C=O) groups is 1. The van der Waals surface area contributed by atoms with Gasteiger partial charge in [-0.15, -0.1) is 0 Å². The van der Waals surface area contributed by atoms with Gasteiger partial charge in [-0.3, -0.25) is 4.79 Å². The number of hydrogen-bond acceptors (Lipinski definition) is 4. The molecule has 19 heavy (non-hydrogen) atoms. The summed E-state index contributed by atoms with van der Waals surface area (Å²) in [6.45, 7) is 3.12. The van der Waals surface area contributed by atoms with E-state index in [-0.39, 0.29) is 12.0 Å². The van der Waals surface area contributed by atoms with E-state index in [1.165, 1.54) is 0 Å². The Hall–Kier alpha value is -0.650. The van der Waals surface area contributed by atoms with E-state index < -0.39 is 11.4 Å². The maximum Gasteiger partial charge on any atom is 0.310 e. The fraction of sp³-hybridized carbons (Fsp3) is 0.929. The van der Waals surface area contributed by atoms with Crippen LogP contribution in [-0.4, -0.2) is 61.0 Å². The molecule has 1 saturated heterocycles. The molecule has 5 heteroatoms. The fourth-order valence-electron chi connectivity index (χ4n) is 3.31. The molecule has 1 aliphatic carbocycles. The van der Waals surface area contributed by atoms with Crippen molar-refractivity contribution in [2.75, 3.05) is 40.0 Å². The van der Waals surface area contributed by atoms with E-state index >= 15 is 0 Å². The van der Waals surface area contributed by atoms with Gasteiger partial charge in [-0.25, -0.2) is 0 Å². The molecule has 1 heterocycles. The molecule has 110 valence electrons. The van der Waals surface area contributed by atoms with Crippen LogP contribution in [0.25, 0.3) is 0 Å². The number of rotatable bonds is 6. The summed E-state index contributed by atoms with van der Waals surface area (Å²) in [7, 11) is 1.66. The van der Waals surface area contributed by atoms with Crippen molar-refractivity contribution in [3.8, 4) is 0 Å². The van der Waals surface area contributed by atoms with Gasteiger partial charge in [0.05, 0.1) is 18.6 Å². The molecule has 2 rings (SSSR count). The normalized spacial score (nSPS) is 25.8. The van der Waals surface area contributed by atoms with Crippen molar-refractivity contribution in [1.29, 1.82) is 0 Å². The molecule has 0 aromatic carbocycles. The predicted molar refractivity (Wildman–Crippen MR) is 71.0 cm³/mol. The number of aliphatic carboxylic acids is 1. The smallest absolute Gasteiger partial charge is 0.310 e. The Balaban J connectivity index is 1.88. The predicted octanol–water partition coefficient (Wildman–Crippen LogP) is 0.962. The van der Waals surface area contributed by atoms with Gasteiger partial charge in [-0.1, -0.05) is 6.42 Å². The second kappa shape index (κ2) is 5.77. The lowest BCUT2D eigenvalue weighted by Crippen LogP contribution is -2.52. The van der Waals surface area contributed by atoms with E-state index in [1.807, 2.05) is 0 Å². The third-order valence-corrected chi connectivity index (χ3v) is 4.99. The number of carboxylic acids is 1. The molecule has 0 unspecified atom stereocenters. The van der Waals surface area contributed by atoms with E-state index in [4.69, 9.17) is 4.74 Å². The molecule has 0 amide bonds. The van der Waals surface area contributed by atoms with Crippen molar-refractivity contribution in [2.45, 2.75) is 32.1 Å². The van der Waals surface area contributed by atoms with Gasteiger partial charge in [0.2, 0.25) is 0 Å². The minimum Gasteiger partial charge on any atom is -0.481 e. The number of aliphatic hydroxyl groups excluding tert-OH is 1. The molecule has 2 aliphatic rings. The summed E-state index contributed by atoms with van der Waals surface area (Å²) in [6.07, 6.45) is 4.41. The maximum absolute atomic E-state index is 11.4. The van der Waals surface area contributed by atoms with Gasteiger partial charge in [0.25, 0.3) is 0 Å². The van der Waals surface area contributed by atoms with Crippen molar-refractivity contribution in [3.05, 3.63) is 0 Å². The first-order valence-electron chi connectivity index (χ1n) is 7.11. The van der Waals surface area contributed by atoms with Crippen molar-refractivity contribution in [3.63, 3.8) is 0 Å². The third kappa shape index (κ3) is 2.93. The van der Waals surface area contributed by atoms with Crippen LogP contribution in [-0.2, 0) is 9.53 Å². The van der Waals surface area contributed by atoms with Crippen molar-refractivity contribution < 1.29 is 19.7 Å². The summed E-state index contributed by atoms with van der Waals surface area (Å²) in [5.41, 5.74) is -0.623. The summed E-state index contributed by atoms with van der Waals surface area (Å²) >= 11 is 0. The molecule has 0 atom stereocenters. The number of likely N-dealkylation sites (tertiary alicyclic amines) is 1. The van der Waals surface area contributed by atoms with Gasteiger partial charge in [0, 0.05) is 19.1 Å². The minimum atomic E-state index is -0.644. The van der Waals surface area contributed by atoms with Crippen LogP contribution in [0.4, 0.5) is 0 Å². The van der Waals surface area contributed by atoms with Crippen LogP contribution in [0.2, 0.25) is 0 Å². The van der Waals surface area contributed by atoms with Gasteiger partial charge < -0.3 is 19.8 Å². The SMILES string of the molecule is COCC1(CO)CCN(CC2(C(=O)O)CCC2)CC1. The summed E-state index contributed by atoms with van der Waals surface area (Å²) in [5, 5.41) is 18.9. The lowest BCUT2D eigenvalue weighted by atomic mass is 9.68. The van der Waals surface area contributed by atoms with Crippen LogP contribution in [0.1, 0.15) is 32.1 Å². The summed E-state index contributed by atoms with van der Waals surface area (Å²) in [5.74, 6) is -0.644. The van der Waals surface area contributed by atoms with Gasteiger partial charge in [0.1, 0.15) is 0 Å². The molecule has 2 fully saturated rings. The maximum atomic E-state index is 11.4. The molecular formula is C14H25NO4. The van der Waals surface area contributed by atoms with Gasteiger partial charge in [-0.05, 0) is 38.8 Å². The minimum absolute atomic E-state index is 0.124. The van der Waals surface area contributed by atoms with Crippen LogP contribution in [0.15, 0.2) is 0 Å². The summed E-state index contributed by atoms with van der Waals surface area (Å²) in [4.78, 5) is 13.6. The Bertz CT molecular complexity index is 319. The lowest BCUT2D eigenvalue weighted by Gasteiger charge is -2.46. The second-order valence-electron chi connectivity index (χ2n) is 6.31. The lowest BCUT2D eigenvalue weighted by molar-refractivity contribution is -0.157. The molecule has 0 radical (unpaired) electrons.